The summed E-state index contributed by atoms with van der Waals surface area (Å²) in [5.74, 6) is 0. The lowest BCUT2D eigenvalue weighted by Gasteiger charge is -2.23. The molecule has 2 atom stereocenters. The van der Waals surface area contributed by atoms with E-state index in [-0.39, 0.29) is 13.2 Å². The first-order chi connectivity index (χ1) is 24.6. The molecule has 0 aliphatic rings. The minimum Gasteiger partial charge on any atom is -0.606 e. The molecular formula is C42H81NO6P+. The SMILES string of the molecule is CCCCCCCCCCCCCCCCOC[C@H](CO[P+]([O-])(O)OCC[n+]1ccccc1)OCCCCCCCCCCCCCCCC. The molecule has 0 saturated carbocycles. The molecule has 0 aromatic carbocycles. The van der Waals surface area contributed by atoms with Gasteiger partial charge in [-0.05, 0) is 12.8 Å². The van der Waals surface area contributed by atoms with Crippen LogP contribution in [-0.2, 0) is 25.1 Å². The smallest absolute Gasteiger partial charge is 0.377 e. The Balaban J connectivity index is 2.18. The highest BCUT2D eigenvalue weighted by atomic mass is 31.2. The predicted molar refractivity (Wildman–Crippen MR) is 209 cm³/mol. The van der Waals surface area contributed by atoms with Gasteiger partial charge >= 0.3 is 8.17 Å². The highest BCUT2D eigenvalue weighted by molar-refractivity contribution is 7.52. The number of unbranched alkanes of at least 4 members (excludes halogenated alkanes) is 26. The van der Waals surface area contributed by atoms with Gasteiger partial charge in [0.2, 0.25) is 0 Å². The molecule has 8 heteroatoms. The molecule has 7 nitrogen and oxygen atoms in total. The Morgan fingerprint density at radius 3 is 1.34 bits per heavy atom. The lowest BCUT2D eigenvalue weighted by atomic mass is 10.0. The molecule has 0 bridgehead atoms. The zero-order valence-corrected chi connectivity index (χ0v) is 33.8. The summed E-state index contributed by atoms with van der Waals surface area (Å²) in [5.41, 5.74) is 0. The number of hydrogen-bond acceptors (Lipinski definition) is 6. The van der Waals surface area contributed by atoms with Gasteiger partial charge in [0, 0.05) is 25.3 Å². The standard InChI is InChI=1S/C42H80NO6P/c1-3-5-7-9-11-13-15-17-19-21-23-25-27-32-37-46-40-42(41-49-50(44,45)48-39-36-43-34-30-29-31-35-43)47-38-33-28-26-24-22-20-18-16-14-12-10-8-6-4-2/h29-31,34-35,42H,3-28,32-33,36-41H2,1-2H3/p+1/t42-/m1/s1. The largest absolute Gasteiger partial charge is 0.606 e. The zero-order chi connectivity index (χ0) is 36.1. The molecule has 0 aliphatic carbocycles. The van der Waals surface area contributed by atoms with Crippen molar-refractivity contribution >= 4 is 8.17 Å². The van der Waals surface area contributed by atoms with Crippen LogP contribution in [0.15, 0.2) is 30.6 Å². The minimum atomic E-state index is -4.18. The predicted octanol–water partition coefficient (Wildman–Crippen LogP) is 11.4. The summed E-state index contributed by atoms with van der Waals surface area (Å²) in [6.07, 6.45) is 40.5. The summed E-state index contributed by atoms with van der Waals surface area (Å²) in [6, 6.07) is 5.75. The van der Waals surface area contributed by atoms with E-state index < -0.39 is 14.3 Å². The van der Waals surface area contributed by atoms with E-state index in [9.17, 15) is 9.79 Å². The first-order valence-electron chi connectivity index (χ1n) is 21.3. The average Bonchev–Trinajstić information content (AvgIpc) is 3.12. The third kappa shape index (κ3) is 33.2. The molecule has 0 radical (unpaired) electrons. The van der Waals surface area contributed by atoms with Gasteiger partial charge in [0.05, 0.1) is 6.61 Å². The molecule has 0 aliphatic heterocycles. The van der Waals surface area contributed by atoms with Gasteiger partial charge in [0.1, 0.15) is 12.7 Å². The molecule has 0 saturated heterocycles. The van der Waals surface area contributed by atoms with E-state index in [0.29, 0.717) is 26.4 Å². The third-order valence-electron chi connectivity index (χ3n) is 9.60. The van der Waals surface area contributed by atoms with Crippen molar-refractivity contribution in [1.82, 2.24) is 0 Å². The molecule has 0 spiro atoms. The number of pyridine rings is 1. The van der Waals surface area contributed by atoms with E-state index in [4.69, 9.17) is 18.5 Å². The monoisotopic (exact) mass is 727 g/mol. The molecule has 1 heterocycles. The quantitative estimate of drug-likeness (QED) is 0.0412. The Labute approximate surface area is 310 Å². The Hall–Kier alpha value is -0.660. The topological polar surface area (TPSA) is 84.1 Å². The summed E-state index contributed by atoms with van der Waals surface area (Å²) in [6.45, 7) is 6.73. The second-order valence-electron chi connectivity index (χ2n) is 14.5. The first-order valence-corrected chi connectivity index (χ1v) is 22.8. The van der Waals surface area contributed by atoms with Gasteiger partial charge in [-0.15, -0.1) is 0 Å². The second kappa shape index (κ2) is 36.7. The molecule has 1 aromatic rings. The van der Waals surface area contributed by atoms with Crippen molar-refractivity contribution in [3.8, 4) is 0 Å². The van der Waals surface area contributed by atoms with Crippen LogP contribution in [0, 0.1) is 0 Å². The van der Waals surface area contributed by atoms with Gasteiger partial charge in [0.25, 0.3) is 0 Å². The van der Waals surface area contributed by atoms with Crippen LogP contribution in [0.5, 0.6) is 0 Å². The summed E-state index contributed by atoms with van der Waals surface area (Å²) >= 11 is 0. The maximum Gasteiger partial charge on any atom is 0.377 e. The molecule has 1 aromatic heterocycles. The number of nitrogens with zero attached hydrogens (tertiary/aromatic N) is 1. The van der Waals surface area contributed by atoms with Gasteiger partial charge in [-0.2, -0.15) is 13.9 Å². The van der Waals surface area contributed by atoms with Crippen LogP contribution in [0.3, 0.4) is 0 Å². The van der Waals surface area contributed by atoms with Crippen molar-refractivity contribution in [3.05, 3.63) is 30.6 Å². The van der Waals surface area contributed by atoms with E-state index in [1.165, 1.54) is 161 Å². The fourth-order valence-electron chi connectivity index (χ4n) is 6.36. The van der Waals surface area contributed by atoms with E-state index in [0.717, 1.165) is 19.3 Å². The maximum absolute atomic E-state index is 12.6. The van der Waals surface area contributed by atoms with Gasteiger partial charge in [-0.1, -0.05) is 187 Å². The Kier molecular flexibility index (Phi) is 34.8. The van der Waals surface area contributed by atoms with Crippen LogP contribution in [0.1, 0.15) is 194 Å². The van der Waals surface area contributed by atoms with Gasteiger partial charge in [-0.3, -0.25) is 0 Å². The minimum absolute atomic E-state index is 0.0242. The number of phosphoric acid groups is 1. The van der Waals surface area contributed by atoms with Crippen LogP contribution in [0.25, 0.3) is 0 Å². The molecule has 1 rings (SSSR count). The molecular weight excluding hydrogens is 645 g/mol. The summed E-state index contributed by atoms with van der Waals surface area (Å²) in [7, 11) is -4.18. The lowest BCUT2D eigenvalue weighted by molar-refractivity contribution is -0.697. The Bertz CT molecular complexity index is 802. The van der Waals surface area contributed by atoms with Crippen LogP contribution in [0.2, 0.25) is 0 Å². The van der Waals surface area contributed by atoms with E-state index >= 15 is 0 Å². The van der Waals surface area contributed by atoms with Crippen LogP contribution in [0.4, 0.5) is 0 Å². The number of hydrogen-bond donors (Lipinski definition) is 1. The van der Waals surface area contributed by atoms with Crippen molar-refractivity contribution in [3.63, 3.8) is 0 Å². The summed E-state index contributed by atoms with van der Waals surface area (Å²) < 4.78 is 24.5. The molecule has 50 heavy (non-hydrogen) atoms. The van der Waals surface area contributed by atoms with Crippen molar-refractivity contribution in [2.45, 2.75) is 206 Å². The highest BCUT2D eigenvalue weighted by Crippen LogP contribution is 2.47. The van der Waals surface area contributed by atoms with Crippen LogP contribution < -0.4 is 9.46 Å². The normalized spacial score (nSPS) is 13.5. The number of phosphoric ester groups is 1. The van der Waals surface area contributed by atoms with Crippen molar-refractivity contribution < 1.29 is 32.9 Å². The lowest BCUT2D eigenvalue weighted by Crippen LogP contribution is -2.35. The molecule has 294 valence electrons. The Morgan fingerprint density at radius 1 is 0.500 bits per heavy atom. The molecule has 1 N–H and O–H groups in total. The number of ether oxygens (including phenoxy) is 2. The van der Waals surface area contributed by atoms with Gasteiger partial charge in [-0.25, -0.2) is 4.57 Å². The average molecular weight is 727 g/mol. The van der Waals surface area contributed by atoms with E-state index in [1.54, 1.807) is 0 Å². The molecule has 1 unspecified atom stereocenters. The van der Waals surface area contributed by atoms with Crippen LogP contribution >= 0.6 is 8.17 Å². The maximum atomic E-state index is 12.6. The van der Waals surface area contributed by atoms with E-state index in [2.05, 4.69) is 13.8 Å². The summed E-state index contributed by atoms with van der Waals surface area (Å²) in [4.78, 5) is 22.8. The van der Waals surface area contributed by atoms with Gasteiger partial charge in [0.15, 0.2) is 25.5 Å². The van der Waals surface area contributed by atoms with Crippen molar-refractivity contribution in [1.29, 1.82) is 0 Å². The first kappa shape index (κ1) is 47.4. The zero-order valence-electron chi connectivity index (χ0n) is 32.9. The van der Waals surface area contributed by atoms with E-state index in [1.807, 2.05) is 35.2 Å². The van der Waals surface area contributed by atoms with Crippen molar-refractivity contribution in [2.75, 3.05) is 33.0 Å². The van der Waals surface area contributed by atoms with Crippen LogP contribution in [-0.4, -0.2) is 44.0 Å². The molecule has 0 fully saturated rings. The highest BCUT2D eigenvalue weighted by Gasteiger charge is 2.30. The summed E-state index contributed by atoms with van der Waals surface area (Å²) in [5, 5.41) is 0. The Morgan fingerprint density at radius 2 is 0.900 bits per heavy atom. The van der Waals surface area contributed by atoms with Crippen molar-refractivity contribution in [2.24, 2.45) is 0 Å². The fraction of sp³-hybridized carbons (Fsp3) is 0.881. The third-order valence-corrected chi connectivity index (χ3v) is 10.6. The number of rotatable bonds is 40. The molecule has 0 amide bonds. The second-order valence-corrected chi connectivity index (χ2v) is 15.9. The number of aromatic nitrogens is 1. The van der Waals surface area contributed by atoms with Gasteiger partial charge < -0.3 is 14.4 Å². The fourth-order valence-corrected chi connectivity index (χ4v) is 7.11.